The molecule has 13 nitrogen and oxygen atoms in total. The van der Waals surface area contributed by atoms with Crippen LogP contribution in [0.2, 0.25) is 0 Å². The lowest BCUT2D eigenvalue weighted by Crippen LogP contribution is -2.37. The zero-order valence-electron chi connectivity index (χ0n) is 10.8. The summed E-state index contributed by atoms with van der Waals surface area (Å²) in [6, 6.07) is -0.0539. The number of nitrogens with zero attached hydrogens (tertiary/aromatic N) is 8. The normalized spacial score (nSPS) is 20.1. The fraction of sp³-hybridized carbons (Fsp3) is 0.500. The fourth-order valence-electron chi connectivity index (χ4n) is 2.09. The number of aromatic nitrogens is 6. The molecule has 1 aliphatic heterocycles. The van der Waals surface area contributed by atoms with Crippen LogP contribution in [0.1, 0.15) is 12.7 Å². The first-order valence-corrected chi connectivity index (χ1v) is 5.67. The molecular formula is C8H8N8O5. The van der Waals surface area contributed by atoms with Crippen LogP contribution in [0.3, 0.4) is 0 Å². The van der Waals surface area contributed by atoms with E-state index < -0.39 is 27.5 Å². The molecule has 1 aliphatic rings. The zero-order chi connectivity index (χ0) is 15.4. The van der Waals surface area contributed by atoms with Crippen LogP contribution in [0.5, 0.6) is 6.01 Å². The van der Waals surface area contributed by atoms with Gasteiger partial charge in [-0.3, -0.25) is 0 Å². The zero-order valence-corrected chi connectivity index (χ0v) is 10.8. The van der Waals surface area contributed by atoms with Crippen molar-refractivity contribution in [1.29, 1.82) is 0 Å². The molecule has 0 spiro atoms. The summed E-state index contributed by atoms with van der Waals surface area (Å²) in [7, 11) is 0. The van der Waals surface area contributed by atoms with Crippen molar-refractivity contribution in [1.82, 2.24) is 29.5 Å². The quantitative estimate of drug-likeness (QED) is 0.550. The maximum absolute atomic E-state index is 10.7. The Hall–Kier alpha value is -3.12. The molecule has 2 aromatic rings. The monoisotopic (exact) mass is 296 g/mol. The molecule has 1 unspecified atom stereocenters. The lowest BCUT2D eigenvalue weighted by molar-refractivity contribution is -0.395. The maximum Gasteiger partial charge on any atom is 0.494 e. The van der Waals surface area contributed by atoms with Crippen LogP contribution >= 0.6 is 0 Å². The predicted octanol–water partition coefficient (Wildman–Crippen LogP) is -0.240. The van der Waals surface area contributed by atoms with Crippen LogP contribution in [0, 0.1) is 27.2 Å². The van der Waals surface area contributed by atoms with Crippen LogP contribution in [-0.2, 0) is 12.3 Å². The largest absolute Gasteiger partial charge is 0.494 e. The Labute approximate surface area is 115 Å². The van der Waals surface area contributed by atoms with Gasteiger partial charge in [0.05, 0.1) is 0 Å². The van der Waals surface area contributed by atoms with Gasteiger partial charge in [-0.25, -0.2) is 0 Å². The number of fused-ring (bicyclic) bond motifs is 1. The van der Waals surface area contributed by atoms with Gasteiger partial charge in [0.1, 0.15) is 6.54 Å². The van der Waals surface area contributed by atoms with E-state index in [0.717, 1.165) is 0 Å². The minimum Gasteiger partial charge on any atom is -0.419 e. The lowest BCUT2D eigenvalue weighted by Gasteiger charge is -2.19. The van der Waals surface area contributed by atoms with Gasteiger partial charge < -0.3 is 25.0 Å². The van der Waals surface area contributed by atoms with Crippen LogP contribution in [0.25, 0.3) is 0 Å². The molecule has 0 aliphatic carbocycles. The van der Waals surface area contributed by atoms with E-state index in [-0.39, 0.29) is 18.4 Å². The Balaban J connectivity index is 1.95. The molecule has 0 amide bonds. The lowest BCUT2D eigenvalue weighted by atomic mass is 10.3. The molecule has 0 saturated carbocycles. The van der Waals surface area contributed by atoms with Crippen LogP contribution in [0.15, 0.2) is 0 Å². The van der Waals surface area contributed by atoms with Crippen LogP contribution in [-0.4, -0.2) is 39.4 Å². The number of nitro groups is 2. The molecule has 0 fully saturated rings. The van der Waals surface area contributed by atoms with Crippen molar-refractivity contribution in [3.63, 3.8) is 0 Å². The predicted molar refractivity (Wildman–Crippen MR) is 62.4 cm³/mol. The van der Waals surface area contributed by atoms with Crippen molar-refractivity contribution < 1.29 is 14.6 Å². The second-order valence-electron chi connectivity index (χ2n) is 4.51. The summed E-state index contributed by atoms with van der Waals surface area (Å²) in [6.45, 7) is 3.19. The van der Waals surface area contributed by atoms with Crippen molar-refractivity contribution in [2.24, 2.45) is 0 Å². The first-order valence-electron chi connectivity index (χ1n) is 5.67. The highest BCUT2D eigenvalue weighted by Crippen LogP contribution is 2.32. The fourth-order valence-corrected chi connectivity index (χ4v) is 2.09. The Bertz CT molecular complexity index is 739. The average Bonchev–Trinajstić information content (AvgIpc) is 3.00. The molecule has 0 N–H and O–H groups in total. The summed E-state index contributed by atoms with van der Waals surface area (Å²) < 4.78 is 7.94. The molecule has 0 bridgehead atoms. The van der Waals surface area contributed by atoms with E-state index in [0.29, 0.717) is 0 Å². The molecule has 13 heteroatoms. The molecule has 3 heterocycles. The van der Waals surface area contributed by atoms with E-state index in [4.69, 9.17) is 4.74 Å². The first kappa shape index (κ1) is 12.9. The Morgan fingerprint density at radius 1 is 1.19 bits per heavy atom. The summed E-state index contributed by atoms with van der Waals surface area (Å²) in [5.41, 5.74) is -1.14. The van der Waals surface area contributed by atoms with E-state index in [1.807, 2.05) is 0 Å². The Kier molecular flexibility index (Phi) is 2.42. The SMILES string of the molecule is Cc1nc([N+](=O)[O-])nn1C1(C)Cn2nc([N+](=O)[O-])nc2O1. The van der Waals surface area contributed by atoms with Gasteiger partial charge in [0.15, 0.2) is 0 Å². The van der Waals surface area contributed by atoms with Gasteiger partial charge >= 0.3 is 17.9 Å². The number of hydrogen-bond donors (Lipinski definition) is 0. The topological polar surface area (TPSA) is 157 Å². The molecule has 1 atom stereocenters. The van der Waals surface area contributed by atoms with Crippen molar-refractivity contribution in [2.45, 2.75) is 26.1 Å². The molecular weight excluding hydrogens is 288 g/mol. The van der Waals surface area contributed by atoms with Gasteiger partial charge in [0.25, 0.3) is 0 Å². The first-order chi connectivity index (χ1) is 9.80. The van der Waals surface area contributed by atoms with Crippen LogP contribution < -0.4 is 4.74 Å². The summed E-state index contributed by atoms with van der Waals surface area (Å²) in [5, 5.41) is 28.7. The third-order valence-corrected chi connectivity index (χ3v) is 2.91. The van der Waals surface area contributed by atoms with Gasteiger partial charge in [0.2, 0.25) is 11.5 Å². The van der Waals surface area contributed by atoms with Gasteiger partial charge in [-0.1, -0.05) is 0 Å². The number of hydrogen-bond acceptors (Lipinski definition) is 9. The van der Waals surface area contributed by atoms with Crippen molar-refractivity contribution in [2.75, 3.05) is 0 Å². The van der Waals surface area contributed by atoms with E-state index in [2.05, 4.69) is 20.2 Å². The van der Waals surface area contributed by atoms with E-state index in [9.17, 15) is 20.2 Å². The second-order valence-corrected chi connectivity index (χ2v) is 4.51. The van der Waals surface area contributed by atoms with Gasteiger partial charge in [-0.05, 0) is 19.8 Å². The standard InChI is InChI=1S/C8H8N8O5/c1-4-9-5(15(17)18)12-14(4)8(2)3-13-7(21-8)10-6(11-13)16(19)20/h3H2,1-2H3. The molecule has 0 aromatic carbocycles. The highest BCUT2D eigenvalue weighted by molar-refractivity contribution is 5.14. The van der Waals surface area contributed by atoms with Crippen molar-refractivity contribution in [3.8, 4) is 6.01 Å². The smallest absolute Gasteiger partial charge is 0.419 e. The Morgan fingerprint density at radius 3 is 2.33 bits per heavy atom. The molecule has 3 rings (SSSR count). The van der Waals surface area contributed by atoms with E-state index >= 15 is 0 Å². The van der Waals surface area contributed by atoms with E-state index in [1.165, 1.54) is 16.3 Å². The van der Waals surface area contributed by atoms with Crippen molar-refractivity contribution >= 4 is 11.9 Å². The molecule has 2 aromatic heterocycles. The number of rotatable bonds is 3. The van der Waals surface area contributed by atoms with Crippen LogP contribution in [0.4, 0.5) is 11.9 Å². The van der Waals surface area contributed by atoms with Gasteiger partial charge in [-0.2, -0.15) is 0 Å². The van der Waals surface area contributed by atoms with E-state index in [1.54, 1.807) is 6.92 Å². The highest BCUT2D eigenvalue weighted by Gasteiger charge is 2.47. The summed E-state index contributed by atoms with van der Waals surface area (Å²) in [6.07, 6.45) is 0. The van der Waals surface area contributed by atoms with Gasteiger partial charge in [-0.15, -0.1) is 9.36 Å². The molecule has 21 heavy (non-hydrogen) atoms. The third kappa shape index (κ3) is 1.86. The minimum absolute atomic E-state index is 0.0539. The number of ether oxygens (including phenoxy) is 1. The summed E-state index contributed by atoms with van der Waals surface area (Å²) >= 11 is 0. The minimum atomic E-state index is -1.14. The second kappa shape index (κ2) is 3.94. The van der Waals surface area contributed by atoms with Crippen molar-refractivity contribution in [3.05, 3.63) is 26.1 Å². The summed E-state index contributed by atoms with van der Waals surface area (Å²) in [5.74, 6) is -0.862. The summed E-state index contributed by atoms with van der Waals surface area (Å²) in [4.78, 5) is 27.1. The Morgan fingerprint density at radius 2 is 1.81 bits per heavy atom. The molecule has 110 valence electrons. The number of aryl methyl sites for hydroxylation is 1. The maximum atomic E-state index is 10.7. The average molecular weight is 296 g/mol. The third-order valence-electron chi connectivity index (χ3n) is 2.91. The van der Waals surface area contributed by atoms with Gasteiger partial charge in [0, 0.05) is 24.0 Å². The highest BCUT2D eigenvalue weighted by atomic mass is 16.6. The molecule has 0 saturated heterocycles. The molecule has 0 radical (unpaired) electrons.